The molecule has 0 aliphatic rings. The van der Waals surface area contributed by atoms with Crippen LogP contribution in [0.2, 0.25) is 0 Å². The second-order valence-electron chi connectivity index (χ2n) is 4.75. The number of rotatable bonds is 5. The van der Waals surface area contributed by atoms with Gasteiger partial charge in [-0.3, -0.25) is 0 Å². The Balaban J connectivity index is 1.72. The van der Waals surface area contributed by atoms with E-state index in [-0.39, 0.29) is 12.2 Å². The van der Waals surface area contributed by atoms with Gasteiger partial charge in [0.15, 0.2) is 9.84 Å². The molecule has 0 bridgehead atoms. The summed E-state index contributed by atoms with van der Waals surface area (Å²) in [4.78, 5) is 0.304. The van der Waals surface area contributed by atoms with E-state index in [2.05, 4.69) is 10.2 Å². The summed E-state index contributed by atoms with van der Waals surface area (Å²) in [6.07, 6.45) is 0.192. The van der Waals surface area contributed by atoms with Crippen molar-refractivity contribution in [3.63, 3.8) is 0 Å². The second-order valence-corrected chi connectivity index (χ2v) is 6.86. The van der Waals surface area contributed by atoms with Crippen molar-refractivity contribution in [1.82, 2.24) is 10.2 Å². The van der Waals surface area contributed by atoms with Gasteiger partial charge >= 0.3 is 0 Å². The Bertz CT molecular complexity index is 843. The van der Waals surface area contributed by atoms with Crippen LogP contribution in [-0.2, 0) is 16.3 Å². The summed E-state index contributed by atoms with van der Waals surface area (Å²) in [7, 11) is -3.34. The zero-order valence-corrected chi connectivity index (χ0v) is 12.5. The molecule has 1 heterocycles. The van der Waals surface area contributed by atoms with E-state index in [1.807, 2.05) is 30.3 Å². The molecule has 0 saturated heterocycles. The zero-order chi connectivity index (χ0) is 15.4. The fraction of sp³-hybridized carbons (Fsp3) is 0.125. The maximum atomic E-state index is 12.2. The third-order valence-electron chi connectivity index (χ3n) is 3.17. The lowest BCUT2D eigenvalue weighted by atomic mass is 10.2. The van der Waals surface area contributed by atoms with E-state index in [0.717, 1.165) is 5.56 Å². The fourth-order valence-electron chi connectivity index (χ4n) is 2.02. The summed E-state index contributed by atoms with van der Waals surface area (Å²) in [5.74, 6) is 0.652. The average Bonchev–Trinajstić information content (AvgIpc) is 3.04. The van der Waals surface area contributed by atoms with Gasteiger partial charge in [-0.15, -0.1) is 10.2 Å². The van der Waals surface area contributed by atoms with E-state index in [1.165, 1.54) is 0 Å². The van der Waals surface area contributed by atoms with Crippen LogP contribution in [0.15, 0.2) is 70.0 Å². The van der Waals surface area contributed by atoms with Crippen LogP contribution in [0.4, 0.5) is 0 Å². The molecule has 3 rings (SSSR count). The molecule has 0 aliphatic heterocycles. The van der Waals surface area contributed by atoms with E-state index in [9.17, 15) is 8.42 Å². The van der Waals surface area contributed by atoms with Crippen molar-refractivity contribution in [3.05, 3.63) is 66.6 Å². The van der Waals surface area contributed by atoms with E-state index < -0.39 is 9.84 Å². The highest BCUT2D eigenvalue weighted by Gasteiger charge is 2.16. The van der Waals surface area contributed by atoms with Crippen molar-refractivity contribution in [2.24, 2.45) is 0 Å². The van der Waals surface area contributed by atoms with E-state index in [1.54, 1.807) is 30.3 Å². The summed E-state index contributed by atoms with van der Waals surface area (Å²) in [6, 6.07) is 17.7. The molecule has 6 heteroatoms. The molecule has 0 radical (unpaired) electrons. The minimum absolute atomic E-state index is 0.0621. The summed E-state index contributed by atoms with van der Waals surface area (Å²) < 4.78 is 29.9. The van der Waals surface area contributed by atoms with Crippen molar-refractivity contribution in [1.29, 1.82) is 0 Å². The van der Waals surface area contributed by atoms with Gasteiger partial charge in [0.2, 0.25) is 11.8 Å². The third kappa shape index (κ3) is 3.23. The number of hydrogen-bond donors (Lipinski definition) is 0. The van der Waals surface area contributed by atoms with Crippen LogP contribution in [0, 0.1) is 0 Å². The summed E-state index contributed by atoms with van der Waals surface area (Å²) in [5.41, 5.74) is 0.812. The lowest BCUT2D eigenvalue weighted by Crippen LogP contribution is -2.09. The first-order valence-corrected chi connectivity index (χ1v) is 8.46. The second kappa shape index (κ2) is 6.11. The van der Waals surface area contributed by atoms with Crippen LogP contribution in [-0.4, -0.2) is 24.4 Å². The number of benzene rings is 2. The standard InChI is InChI=1S/C16H14N2O3S/c19-22(20,14-9-5-2-6-10-14)12-11-15-17-18-16(21-15)13-7-3-1-4-8-13/h1-10H,11-12H2. The van der Waals surface area contributed by atoms with Gasteiger partial charge in [-0.2, -0.15) is 0 Å². The van der Waals surface area contributed by atoms with Crippen LogP contribution >= 0.6 is 0 Å². The number of aryl methyl sites for hydroxylation is 1. The quantitative estimate of drug-likeness (QED) is 0.724. The third-order valence-corrected chi connectivity index (χ3v) is 4.91. The summed E-state index contributed by atoms with van der Waals surface area (Å²) >= 11 is 0. The molecule has 22 heavy (non-hydrogen) atoms. The number of hydrogen-bond acceptors (Lipinski definition) is 5. The zero-order valence-electron chi connectivity index (χ0n) is 11.7. The molecule has 2 aromatic carbocycles. The van der Waals surface area contributed by atoms with Crippen molar-refractivity contribution >= 4 is 9.84 Å². The van der Waals surface area contributed by atoms with Crippen LogP contribution in [0.5, 0.6) is 0 Å². The Hall–Kier alpha value is -2.47. The molecule has 0 N–H and O–H groups in total. The molecule has 3 aromatic rings. The maximum Gasteiger partial charge on any atom is 0.247 e. The fourth-order valence-corrected chi connectivity index (χ4v) is 3.27. The van der Waals surface area contributed by atoms with Crippen LogP contribution < -0.4 is 0 Å². The van der Waals surface area contributed by atoms with E-state index in [0.29, 0.717) is 16.7 Å². The highest BCUT2D eigenvalue weighted by molar-refractivity contribution is 7.91. The number of aromatic nitrogens is 2. The van der Waals surface area contributed by atoms with Crippen molar-refractivity contribution < 1.29 is 12.8 Å². The minimum atomic E-state index is -3.34. The Labute approximate surface area is 128 Å². The monoisotopic (exact) mass is 314 g/mol. The van der Waals surface area contributed by atoms with Gasteiger partial charge < -0.3 is 4.42 Å². The van der Waals surface area contributed by atoms with E-state index in [4.69, 9.17) is 4.42 Å². The maximum absolute atomic E-state index is 12.2. The number of sulfone groups is 1. The number of nitrogens with zero attached hydrogens (tertiary/aromatic N) is 2. The lowest BCUT2D eigenvalue weighted by molar-refractivity contribution is 0.510. The lowest BCUT2D eigenvalue weighted by Gasteiger charge is -2.01. The molecule has 0 spiro atoms. The topological polar surface area (TPSA) is 73.1 Å². The predicted octanol–water partition coefficient (Wildman–Crippen LogP) is 2.75. The first kappa shape index (κ1) is 14.5. The predicted molar refractivity (Wildman–Crippen MR) is 81.9 cm³/mol. The molecule has 0 amide bonds. The normalized spacial score (nSPS) is 11.5. The molecule has 0 atom stereocenters. The molecular formula is C16H14N2O3S. The summed E-state index contributed by atoms with van der Waals surface area (Å²) in [6.45, 7) is 0. The first-order valence-electron chi connectivity index (χ1n) is 6.81. The molecule has 0 unspecified atom stereocenters. The van der Waals surface area contributed by atoms with Gasteiger partial charge in [0.05, 0.1) is 10.6 Å². The Morgan fingerprint density at radius 2 is 1.50 bits per heavy atom. The van der Waals surface area contributed by atoms with Gasteiger partial charge in [-0.1, -0.05) is 36.4 Å². The van der Waals surface area contributed by atoms with Gasteiger partial charge in [0.25, 0.3) is 0 Å². The van der Waals surface area contributed by atoms with Gasteiger partial charge in [-0.25, -0.2) is 8.42 Å². The molecule has 1 aromatic heterocycles. The van der Waals surface area contributed by atoms with Gasteiger partial charge in [0, 0.05) is 12.0 Å². The molecular weight excluding hydrogens is 300 g/mol. The average molecular weight is 314 g/mol. The van der Waals surface area contributed by atoms with Crippen LogP contribution in [0.3, 0.4) is 0 Å². The van der Waals surface area contributed by atoms with Crippen LogP contribution in [0.25, 0.3) is 11.5 Å². The highest BCUT2D eigenvalue weighted by atomic mass is 32.2. The Kier molecular flexibility index (Phi) is 4.02. The molecule has 0 fully saturated rings. The SMILES string of the molecule is O=S(=O)(CCc1nnc(-c2ccccc2)o1)c1ccccc1. The van der Waals surface area contributed by atoms with Crippen LogP contribution in [0.1, 0.15) is 5.89 Å². The largest absolute Gasteiger partial charge is 0.421 e. The molecule has 0 aliphatic carbocycles. The van der Waals surface area contributed by atoms with Crippen molar-refractivity contribution in [2.45, 2.75) is 11.3 Å². The summed E-state index contributed by atoms with van der Waals surface area (Å²) in [5, 5.41) is 7.86. The highest BCUT2D eigenvalue weighted by Crippen LogP contribution is 2.18. The van der Waals surface area contributed by atoms with Gasteiger partial charge in [0.1, 0.15) is 0 Å². The Morgan fingerprint density at radius 1 is 0.864 bits per heavy atom. The van der Waals surface area contributed by atoms with E-state index >= 15 is 0 Å². The minimum Gasteiger partial charge on any atom is -0.421 e. The first-order chi connectivity index (χ1) is 10.6. The molecule has 112 valence electrons. The van der Waals surface area contributed by atoms with Crippen molar-refractivity contribution in [2.75, 3.05) is 5.75 Å². The van der Waals surface area contributed by atoms with Crippen molar-refractivity contribution in [3.8, 4) is 11.5 Å². The smallest absolute Gasteiger partial charge is 0.247 e. The Morgan fingerprint density at radius 3 is 2.18 bits per heavy atom. The van der Waals surface area contributed by atoms with Gasteiger partial charge in [-0.05, 0) is 24.3 Å². The molecule has 5 nitrogen and oxygen atoms in total. The molecule has 0 saturated carbocycles.